The SMILES string of the molecule is COC1(CCO)CC2CCC1c1ccccc12. The van der Waals surface area contributed by atoms with E-state index in [0.29, 0.717) is 11.8 Å². The van der Waals surface area contributed by atoms with E-state index in [0.717, 1.165) is 12.8 Å². The smallest absolute Gasteiger partial charge is 0.0774 e. The van der Waals surface area contributed by atoms with Gasteiger partial charge in [-0.25, -0.2) is 0 Å². The first-order valence-electron chi connectivity index (χ1n) is 6.55. The lowest BCUT2D eigenvalue weighted by molar-refractivity contribution is -0.0833. The summed E-state index contributed by atoms with van der Waals surface area (Å²) in [4.78, 5) is 0. The van der Waals surface area contributed by atoms with E-state index in [4.69, 9.17) is 4.74 Å². The second-order valence-electron chi connectivity index (χ2n) is 5.40. The lowest BCUT2D eigenvalue weighted by Gasteiger charge is -2.51. The molecule has 1 aromatic rings. The molecule has 2 bridgehead atoms. The molecule has 2 nitrogen and oxygen atoms in total. The molecule has 0 heterocycles. The van der Waals surface area contributed by atoms with Crippen molar-refractivity contribution in [1.29, 1.82) is 0 Å². The average Bonchev–Trinajstić information content (AvgIpc) is 2.40. The van der Waals surface area contributed by atoms with Gasteiger partial charge in [0, 0.05) is 26.1 Å². The number of ether oxygens (including phenoxy) is 1. The van der Waals surface area contributed by atoms with Crippen molar-refractivity contribution in [1.82, 2.24) is 0 Å². The molecule has 0 saturated heterocycles. The van der Waals surface area contributed by atoms with Crippen LogP contribution in [0.1, 0.15) is 48.6 Å². The highest BCUT2D eigenvalue weighted by molar-refractivity contribution is 5.41. The van der Waals surface area contributed by atoms with Crippen molar-refractivity contribution >= 4 is 0 Å². The zero-order valence-electron chi connectivity index (χ0n) is 10.4. The normalized spacial score (nSPS) is 34.7. The lowest BCUT2D eigenvalue weighted by atomic mass is 9.58. The van der Waals surface area contributed by atoms with Gasteiger partial charge < -0.3 is 9.84 Å². The van der Waals surface area contributed by atoms with Crippen LogP contribution in [0.15, 0.2) is 24.3 Å². The molecule has 92 valence electrons. The molecule has 0 aliphatic heterocycles. The van der Waals surface area contributed by atoms with Gasteiger partial charge in [-0.05, 0) is 36.3 Å². The highest BCUT2D eigenvalue weighted by atomic mass is 16.5. The summed E-state index contributed by atoms with van der Waals surface area (Å²) < 4.78 is 5.85. The summed E-state index contributed by atoms with van der Waals surface area (Å²) in [6, 6.07) is 8.78. The van der Waals surface area contributed by atoms with Crippen molar-refractivity contribution in [2.45, 2.75) is 43.1 Å². The minimum absolute atomic E-state index is 0.119. The summed E-state index contributed by atoms with van der Waals surface area (Å²) in [6.45, 7) is 0.221. The molecule has 1 N–H and O–H groups in total. The molecule has 0 aromatic heterocycles. The quantitative estimate of drug-likeness (QED) is 0.868. The predicted molar refractivity (Wildman–Crippen MR) is 67.2 cm³/mol. The molecule has 0 amide bonds. The summed E-state index contributed by atoms with van der Waals surface area (Å²) in [5, 5.41) is 9.31. The number of benzene rings is 1. The van der Waals surface area contributed by atoms with Gasteiger partial charge in [0.15, 0.2) is 0 Å². The van der Waals surface area contributed by atoms with Gasteiger partial charge in [-0.15, -0.1) is 0 Å². The Morgan fingerprint density at radius 2 is 2.06 bits per heavy atom. The predicted octanol–water partition coefficient (Wildman–Crippen LogP) is 2.82. The summed E-state index contributed by atoms with van der Waals surface area (Å²) in [5.41, 5.74) is 2.87. The molecule has 1 saturated carbocycles. The Morgan fingerprint density at radius 1 is 1.29 bits per heavy atom. The number of aliphatic hydroxyl groups is 1. The van der Waals surface area contributed by atoms with Gasteiger partial charge in [-0.1, -0.05) is 24.3 Å². The van der Waals surface area contributed by atoms with Gasteiger partial charge in [0.2, 0.25) is 0 Å². The van der Waals surface area contributed by atoms with E-state index in [2.05, 4.69) is 24.3 Å². The number of methoxy groups -OCH3 is 1. The minimum Gasteiger partial charge on any atom is -0.396 e. The highest BCUT2D eigenvalue weighted by Gasteiger charge is 2.49. The number of aliphatic hydroxyl groups excluding tert-OH is 1. The number of hydrogen-bond acceptors (Lipinski definition) is 2. The molecule has 1 fully saturated rings. The zero-order valence-corrected chi connectivity index (χ0v) is 10.4. The maximum absolute atomic E-state index is 9.31. The van der Waals surface area contributed by atoms with Crippen LogP contribution in [0, 0.1) is 0 Å². The number of rotatable bonds is 3. The van der Waals surface area contributed by atoms with Gasteiger partial charge in [-0.2, -0.15) is 0 Å². The third-order valence-corrected chi connectivity index (χ3v) is 4.78. The molecular weight excluding hydrogens is 212 g/mol. The monoisotopic (exact) mass is 232 g/mol. The molecule has 3 atom stereocenters. The molecular formula is C15H20O2. The van der Waals surface area contributed by atoms with Crippen molar-refractivity contribution in [2.75, 3.05) is 13.7 Å². The Morgan fingerprint density at radius 3 is 2.76 bits per heavy atom. The molecule has 1 aromatic carbocycles. The van der Waals surface area contributed by atoms with Gasteiger partial charge >= 0.3 is 0 Å². The van der Waals surface area contributed by atoms with Gasteiger partial charge in [-0.3, -0.25) is 0 Å². The van der Waals surface area contributed by atoms with Crippen molar-refractivity contribution < 1.29 is 9.84 Å². The topological polar surface area (TPSA) is 29.5 Å². The number of hydrogen-bond donors (Lipinski definition) is 1. The Bertz CT molecular complexity index is 415. The Kier molecular flexibility index (Phi) is 2.72. The largest absolute Gasteiger partial charge is 0.396 e. The zero-order chi connectivity index (χ0) is 11.9. The van der Waals surface area contributed by atoms with Crippen LogP contribution in [0.2, 0.25) is 0 Å². The standard InChI is InChI=1S/C15H20O2/c1-17-15(8-9-16)10-11-6-7-14(15)13-5-3-2-4-12(11)13/h2-5,11,14,16H,6-10H2,1H3. The van der Waals surface area contributed by atoms with Crippen LogP contribution >= 0.6 is 0 Å². The third-order valence-electron chi connectivity index (χ3n) is 4.78. The second kappa shape index (κ2) is 4.11. The van der Waals surface area contributed by atoms with Crippen LogP contribution in [0.3, 0.4) is 0 Å². The molecule has 3 aliphatic carbocycles. The van der Waals surface area contributed by atoms with Crippen molar-refractivity contribution in [3.63, 3.8) is 0 Å². The lowest BCUT2D eigenvalue weighted by Crippen LogP contribution is -2.47. The molecule has 0 radical (unpaired) electrons. The summed E-state index contributed by atoms with van der Waals surface area (Å²) in [5.74, 6) is 1.10. The second-order valence-corrected chi connectivity index (χ2v) is 5.40. The maximum Gasteiger partial charge on any atom is 0.0774 e. The van der Waals surface area contributed by atoms with E-state index in [1.54, 1.807) is 7.11 Å². The molecule has 2 heteroatoms. The summed E-state index contributed by atoms with van der Waals surface area (Å²) >= 11 is 0. The van der Waals surface area contributed by atoms with Gasteiger partial charge in [0.25, 0.3) is 0 Å². The fourth-order valence-electron chi connectivity index (χ4n) is 3.99. The first kappa shape index (κ1) is 11.2. The van der Waals surface area contributed by atoms with Crippen LogP contribution in [-0.2, 0) is 4.74 Å². The Balaban J connectivity index is 2.05. The third kappa shape index (κ3) is 1.54. The first-order chi connectivity index (χ1) is 8.30. The van der Waals surface area contributed by atoms with E-state index in [1.807, 2.05) is 0 Å². The van der Waals surface area contributed by atoms with Crippen LogP contribution in [0.25, 0.3) is 0 Å². The maximum atomic E-state index is 9.31. The molecule has 3 unspecified atom stereocenters. The minimum atomic E-state index is -0.119. The highest BCUT2D eigenvalue weighted by Crippen LogP contribution is 2.56. The number of fused-ring (bicyclic) bond motifs is 2. The molecule has 17 heavy (non-hydrogen) atoms. The average molecular weight is 232 g/mol. The summed E-state index contributed by atoms with van der Waals surface area (Å²) in [7, 11) is 1.80. The Hall–Kier alpha value is -0.860. The van der Waals surface area contributed by atoms with Crippen molar-refractivity contribution in [3.8, 4) is 0 Å². The van der Waals surface area contributed by atoms with E-state index in [-0.39, 0.29) is 12.2 Å². The van der Waals surface area contributed by atoms with E-state index in [1.165, 1.54) is 24.0 Å². The molecule has 4 rings (SSSR count). The van der Waals surface area contributed by atoms with Crippen LogP contribution in [0.4, 0.5) is 0 Å². The van der Waals surface area contributed by atoms with Gasteiger partial charge in [0.05, 0.1) is 5.60 Å². The first-order valence-corrected chi connectivity index (χ1v) is 6.55. The van der Waals surface area contributed by atoms with E-state index in [9.17, 15) is 5.11 Å². The van der Waals surface area contributed by atoms with E-state index < -0.39 is 0 Å². The molecule has 0 spiro atoms. The van der Waals surface area contributed by atoms with Crippen molar-refractivity contribution in [2.24, 2.45) is 0 Å². The molecule has 3 aliphatic rings. The van der Waals surface area contributed by atoms with Crippen LogP contribution in [0.5, 0.6) is 0 Å². The Labute approximate surface area is 103 Å². The fraction of sp³-hybridized carbons (Fsp3) is 0.600. The fourth-order valence-corrected chi connectivity index (χ4v) is 3.99. The summed E-state index contributed by atoms with van der Waals surface area (Å²) in [6.07, 6.45) is 4.32. The van der Waals surface area contributed by atoms with Gasteiger partial charge in [0.1, 0.15) is 0 Å². The van der Waals surface area contributed by atoms with E-state index >= 15 is 0 Å². The van der Waals surface area contributed by atoms with Crippen molar-refractivity contribution in [3.05, 3.63) is 35.4 Å². The van der Waals surface area contributed by atoms with Crippen LogP contribution in [-0.4, -0.2) is 24.4 Å². The van der Waals surface area contributed by atoms with Crippen LogP contribution < -0.4 is 0 Å².